The molecule has 8 atom stereocenters. The van der Waals surface area contributed by atoms with Gasteiger partial charge in [-0.15, -0.1) is 0 Å². The van der Waals surface area contributed by atoms with Crippen LogP contribution in [-0.4, -0.2) is 11.1 Å². The maximum atomic E-state index is 11.3. The van der Waals surface area contributed by atoms with Crippen LogP contribution < -0.4 is 0 Å². The number of allylic oxidation sites excluding steroid dienone is 2. The summed E-state index contributed by atoms with van der Waals surface area (Å²) in [7, 11) is 0. The van der Waals surface area contributed by atoms with Gasteiger partial charge >= 0.3 is 5.97 Å². The monoisotopic (exact) mass is 216 g/mol. The van der Waals surface area contributed by atoms with E-state index in [0.717, 1.165) is 36.0 Å². The van der Waals surface area contributed by atoms with E-state index in [-0.39, 0.29) is 5.92 Å². The summed E-state index contributed by atoms with van der Waals surface area (Å²) in [6.07, 6.45) is 8.51. The third-order valence-electron chi connectivity index (χ3n) is 6.67. The largest absolute Gasteiger partial charge is 0.481 e. The van der Waals surface area contributed by atoms with Crippen molar-refractivity contribution in [3.8, 4) is 0 Å². The van der Waals surface area contributed by atoms with Crippen LogP contribution in [0.2, 0.25) is 0 Å². The standard InChI is InChI=1S/C14H16O2/c15-13(16)9-4-8-5-14(8)11-7-2-1-6(3-7)10(11)12(9)14/h1-2,6-12H,3-5H2,(H,15,16). The van der Waals surface area contributed by atoms with Crippen molar-refractivity contribution in [1.29, 1.82) is 0 Å². The second-order valence-electron chi connectivity index (χ2n) is 6.77. The van der Waals surface area contributed by atoms with Crippen LogP contribution in [0.5, 0.6) is 0 Å². The number of rotatable bonds is 1. The molecule has 8 unspecified atom stereocenters. The summed E-state index contributed by atoms with van der Waals surface area (Å²) in [4.78, 5) is 11.3. The minimum absolute atomic E-state index is 0.00718. The molecule has 0 aromatic carbocycles. The summed E-state index contributed by atoms with van der Waals surface area (Å²) in [5.41, 5.74) is 0.526. The minimum atomic E-state index is -0.512. The summed E-state index contributed by atoms with van der Waals surface area (Å²) in [5, 5.41) is 9.34. The van der Waals surface area contributed by atoms with Crippen molar-refractivity contribution in [3.63, 3.8) is 0 Å². The highest BCUT2D eigenvalue weighted by Gasteiger charge is 2.83. The van der Waals surface area contributed by atoms with Gasteiger partial charge in [-0.2, -0.15) is 0 Å². The first-order valence-corrected chi connectivity index (χ1v) is 6.64. The fourth-order valence-corrected chi connectivity index (χ4v) is 6.41. The SMILES string of the molecule is O=C(O)C1CC2CC23C2C4C=CC(C4)C2C13. The molecule has 0 heterocycles. The molecule has 0 amide bonds. The van der Waals surface area contributed by atoms with Crippen LogP contribution in [0.25, 0.3) is 0 Å². The smallest absolute Gasteiger partial charge is 0.306 e. The number of fused-ring (bicyclic) bond motifs is 6. The third-order valence-corrected chi connectivity index (χ3v) is 6.67. The number of hydrogen-bond acceptors (Lipinski definition) is 1. The zero-order valence-electron chi connectivity index (χ0n) is 9.17. The molecule has 0 aliphatic heterocycles. The summed E-state index contributed by atoms with van der Waals surface area (Å²) >= 11 is 0. The molecule has 2 bridgehead atoms. The van der Waals surface area contributed by atoms with Crippen molar-refractivity contribution in [1.82, 2.24) is 0 Å². The lowest BCUT2D eigenvalue weighted by Crippen LogP contribution is -2.53. The number of carbonyl (C=O) groups is 1. The van der Waals surface area contributed by atoms with E-state index in [2.05, 4.69) is 12.2 Å². The van der Waals surface area contributed by atoms with E-state index in [4.69, 9.17) is 0 Å². The lowest BCUT2D eigenvalue weighted by atomic mass is 9.49. The molecule has 16 heavy (non-hydrogen) atoms. The molecule has 2 nitrogen and oxygen atoms in total. The molecule has 0 saturated heterocycles. The Hall–Kier alpha value is -0.790. The van der Waals surface area contributed by atoms with E-state index in [9.17, 15) is 9.90 Å². The number of hydrogen-bond donors (Lipinski definition) is 1. The Morgan fingerprint density at radius 1 is 1.19 bits per heavy atom. The number of carboxylic acids is 1. The van der Waals surface area contributed by atoms with Crippen molar-refractivity contribution in [2.45, 2.75) is 19.3 Å². The second kappa shape index (κ2) is 2.12. The maximum absolute atomic E-state index is 11.3. The van der Waals surface area contributed by atoms with Crippen LogP contribution >= 0.6 is 0 Å². The maximum Gasteiger partial charge on any atom is 0.306 e. The Bertz CT molecular complexity index is 440. The van der Waals surface area contributed by atoms with E-state index in [1.807, 2.05) is 0 Å². The van der Waals surface area contributed by atoms with Gasteiger partial charge in [0.1, 0.15) is 0 Å². The van der Waals surface area contributed by atoms with Gasteiger partial charge in [-0.1, -0.05) is 12.2 Å². The van der Waals surface area contributed by atoms with Crippen LogP contribution in [0.15, 0.2) is 12.2 Å². The van der Waals surface area contributed by atoms with Gasteiger partial charge in [0.2, 0.25) is 0 Å². The van der Waals surface area contributed by atoms with E-state index >= 15 is 0 Å². The minimum Gasteiger partial charge on any atom is -0.481 e. The normalized spacial score (nSPS) is 67.1. The van der Waals surface area contributed by atoms with Crippen molar-refractivity contribution in [2.24, 2.45) is 46.8 Å². The highest BCUT2D eigenvalue weighted by Crippen LogP contribution is 2.87. The first-order valence-electron chi connectivity index (χ1n) is 6.64. The molecule has 4 fully saturated rings. The predicted octanol–water partition coefficient (Wildman–Crippen LogP) is 2.17. The molecule has 0 aromatic heterocycles. The van der Waals surface area contributed by atoms with Gasteiger partial charge in [-0.05, 0) is 60.2 Å². The molecule has 2 heteroatoms. The van der Waals surface area contributed by atoms with Gasteiger partial charge in [-0.25, -0.2) is 0 Å². The van der Waals surface area contributed by atoms with Crippen LogP contribution in [0.1, 0.15) is 19.3 Å². The van der Waals surface area contributed by atoms with E-state index in [1.54, 1.807) is 0 Å². The van der Waals surface area contributed by atoms with Crippen LogP contribution in [-0.2, 0) is 4.79 Å². The predicted molar refractivity (Wildman–Crippen MR) is 57.5 cm³/mol. The Kier molecular flexibility index (Phi) is 1.10. The van der Waals surface area contributed by atoms with Gasteiger partial charge in [0.15, 0.2) is 0 Å². The average molecular weight is 216 g/mol. The Labute approximate surface area is 94.7 Å². The number of carboxylic acid groups (broad SMARTS) is 1. The topological polar surface area (TPSA) is 37.3 Å². The molecule has 0 aromatic rings. The quantitative estimate of drug-likeness (QED) is 0.682. The van der Waals surface area contributed by atoms with Crippen molar-refractivity contribution < 1.29 is 9.90 Å². The van der Waals surface area contributed by atoms with E-state index in [1.165, 1.54) is 12.8 Å². The lowest BCUT2D eigenvalue weighted by molar-refractivity contribution is -0.152. The highest BCUT2D eigenvalue weighted by atomic mass is 16.4. The van der Waals surface area contributed by atoms with Crippen LogP contribution in [0, 0.1) is 46.8 Å². The molecule has 84 valence electrons. The van der Waals surface area contributed by atoms with Crippen molar-refractivity contribution in [3.05, 3.63) is 12.2 Å². The first kappa shape index (κ1) is 8.32. The summed E-state index contributed by atoms with van der Waals surface area (Å²) in [6.45, 7) is 0. The lowest BCUT2D eigenvalue weighted by Gasteiger charge is -2.54. The first-order chi connectivity index (χ1) is 7.73. The fraction of sp³-hybridized carbons (Fsp3) is 0.786. The van der Waals surface area contributed by atoms with Gasteiger partial charge in [0, 0.05) is 0 Å². The van der Waals surface area contributed by atoms with Crippen LogP contribution in [0.4, 0.5) is 0 Å². The molecular weight excluding hydrogens is 200 g/mol. The zero-order valence-corrected chi connectivity index (χ0v) is 9.17. The fourth-order valence-electron chi connectivity index (χ4n) is 6.41. The van der Waals surface area contributed by atoms with Gasteiger partial charge in [-0.3, -0.25) is 4.79 Å². The Morgan fingerprint density at radius 2 is 2.00 bits per heavy atom. The zero-order chi connectivity index (χ0) is 10.7. The molecule has 5 aliphatic rings. The summed E-state index contributed by atoms with van der Waals surface area (Å²) in [6, 6.07) is 0. The van der Waals surface area contributed by atoms with Crippen LogP contribution in [0.3, 0.4) is 0 Å². The number of aliphatic carboxylic acids is 1. The third kappa shape index (κ3) is 0.602. The molecule has 5 aliphatic carbocycles. The summed E-state index contributed by atoms with van der Waals surface area (Å²) < 4.78 is 0. The molecule has 1 spiro atoms. The molecule has 5 rings (SSSR count). The Balaban J connectivity index is 1.60. The molecule has 0 radical (unpaired) electrons. The van der Waals surface area contributed by atoms with E-state index < -0.39 is 5.97 Å². The molecule has 4 saturated carbocycles. The van der Waals surface area contributed by atoms with E-state index in [0.29, 0.717) is 11.3 Å². The highest BCUT2D eigenvalue weighted by molar-refractivity contribution is 5.72. The Morgan fingerprint density at radius 3 is 2.81 bits per heavy atom. The molecular formula is C14H16O2. The summed E-state index contributed by atoms with van der Waals surface area (Å²) in [5.74, 6) is 4.04. The molecule has 1 N–H and O–H groups in total. The van der Waals surface area contributed by atoms with Gasteiger partial charge in [0.25, 0.3) is 0 Å². The second-order valence-corrected chi connectivity index (χ2v) is 6.77. The van der Waals surface area contributed by atoms with Gasteiger partial charge in [0.05, 0.1) is 5.92 Å². The van der Waals surface area contributed by atoms with Crippen molar-refractivity contribution in [2.75, 3.05) is 0 Å². The average Bonchev–Trinajstić information content (AvgIpc) is 2.58. The van der Waals surface area contributed by atoms with Gasteiger partial charge < -0.3 is 5.11 Å². The van der Waals surface area contributed by atoms with Crippen molar-refractivity contribution >= 4 is 5.97 Å².